The molecule has 0 saturated heterocycles. The molecule has 0 bridgehead atoms. The van der Waals surface area contributed by atoms with Crippen LogP contribution in [0.1, 0.15) is 14.0 Å². The van der Waals surface area contributed by atoms with Crippen LogP contribution in [0.25, 0.3) is 0 Å². The van der Waals surface area contributed by atoms with Crippen molar-refractivity contribution in [2.45, 2.75) is 12.3 Å². The zero-order valence-corrected chi connectivity index (χ0v) is 9.10. The molecule has 0 spiro atoms. The van der Waals surface area contributed by atoms with E-state index in [-0.39, 0.29) is 25.9 Å². The van der Waals surface area contributed by atoms with Crippen LogP contribution in [0, 0.1) is 6.92 Å². The van der Waals surface area contributed by atoms with Gasteiger partial charge in [0.2, 0.25) is 0 Å². The Hall–Kier alpha value is 0.466. The standard InChI is InChI=1S/C8H9Br.Mg.2H/c1-7-2-4-8(6-9)5-3-7;;;/h2-5H,6H2,1H3;;;/q;+2;2*-1. The zero-order chi connectivity index (χ0) is 6.69. The number of alkyl halides is 1. The Kier molecular flexibility index (Phi) is 5.40. The minimum absolute atomic E-state index is 0. The maximum Gasteiger partial charge on any atom is 2.00 e. The van der Waals surface area contributed by atoms with Gasteiger partial charge in [0.05, 0.1) is 0 Å². The van der Waals surface area contributed by atoms with Crippen LogP contribution in [-0.4, -0.2) is 23.1 Å². The van der Waals surface area contributed by atoms with Gasteiger partial charge in [-0.2, -0.15) is 0 Å². The van der Waals surface area contributed by atoms with Crippen molar-refractivity contribution in [1.82, 2.24) is 0 Å². The number of hydrogen-bond acceptors (Lipinski definition) is 0. The number of aryl methyl sites for hydroxylation is 1. The summed E-state index contributed by atoms with van der Waals surface area (Å²) < 4.78 is 0. The van der Waals surface area contributed by atoms with Gasteiger partial charge in [-0.05, 0) is 12.5 Å². The monoisotopic (exact) mass is 210 g/mol. The second kappa shape index (κ2) is 5.16. The third kappa shape index (κ3) is 3.04. The molecule has 0 aliphatic rings. The Labute approximate surface area is 89.3 Å². The first-order valence-electron chi connectivity index (χ1n) is 2.94. The fourth-order valence-electron chi connectivity index (χ4n) is 0.677. The minimum atomic E-state index is 0. The van der Waals surface area contributed by atoms with Crippen LogP contribution < -0.4 is 0 Å². The van der Waals surface area contributed by atoms with Crippen molar-refractivity contribution in [3.8, 4) is 0 Å². The van der Waals surface area contributed by atoms with Crippen molar-refractivity contribution in [2.75, 3.05) is 0 Å². The number of hydrogen-bond donors (Lipinski definition) is 0. The topological polar surface area (TPSA) is 0 Å². The van der Waals surface area contributed by atoms with E-state index >= 15 is 0 Å². The van der Waals surface area contributed by atoms with E-state index in [0.29, 0.717) is 0 Å². The zero-order valence-electron chi connectivity index (χ0n) is 8.10. The molecule has 0 saturated carbocycles. The molecule has 0 heterocycles. The van der Waals surface area contributed by atoms with Crippen LogP contribution in [-0.2, 0) is 5.33 Å². The van der Waals surface area contributed by atoms with E-state index in [1.165, 1.54) is 11.1 Å². The molecule has 52 valence electrons. The van der Waals surface area contributed by atoms with E-state index in [0.717, 1.165) is 5.33 Å². The molecule has 0 fully saturated rings. The van der Waals surface area contributed by atoms with Gasteiger partial charge in [-0.15, -0.1) is 0 Å². The van der Waals surface area contributed by atoms with Gasteiger partial charge in [0.25, 0.3) is 0 Å². The van der Waals surface area contributed by atoms with Crippen molar-refractivity contribution in [2.24, 2.45) is 0 Å². The third-order valence-electron chi connectivity index (χ3n) is 1.27. The molecular weight excluding hydrogens is 200 g/mol. The first-order chi connectivity index (χ1) is 4.33. The Bertz CT molecular complexity index is 189. The average Bonchev–Trinajstić information content (AvgIpc) is 1.90. The fourth-order valence-corrected chi connectivity index (χ4v) is 1.05. The predicted molar refractivity (Wildman–Crippen MR) is 51.8 cm³/mol. The molecule has 0 aliphatic heterocycles. The van der Waals surface area contributed by atoms with E-state index < -0.39 is 0 Å². The maximum atomic E-state index is 3.38. The summed E-state index contributed by atoms with van der Waals surface area (Å²) in [5, 5.41) is 0.952. The van der Waals surface area contributed by atoms with Crippen LogP contribution in [0.4, 0.5) is 0 Å². The number of rotatable bonds is 1. The van der Waals surface area contributed by atoms with Gasteiger partial charge < -0.3 is 2.85 Å². The molecule has 0 atom stereocenters. The summed E-state index contributed by atoms with van der Waals surface area (Å²) in [6.45, 7) is 2.10. The fraction of sp³-hybridized carbons (Fsp3) is 0.250. The predicted octanol–water partition coefficient (Wildman–Crippen LogP) is 2.73. The Morgan fingerprint density at radius 1 is 1.30 bits per heavy atom. The Morgan fingerprint density at radius 2 is 1.80 bits per heavy atom. The van der Waals surface area contributed by atoms with Gasteiger partial charge in [-0.25, -0.2) is 0 Å². The third-order valence-corrected chi connectivity index (χ3v) is 1.92. The van der Waals surface area contributed by atoms with Crippen molar-refractivity contribution in [3.63, 3.8) is 0 Å². The molecule has 0 unspecified atom stereocenters. The summed E-state index contributed by atoms with van der Waals surface area (Å²) >= 11 is 3.38. The van der Waals surface area contributed by atoms with Gasteiger partial charge in [-0.3, -0.25) is 0 Å². The van der Waals surface area contributed by atoms with Gasteiger partial charge in [0.15, 0.2) is 0 Å². The molecule has 1 aromatic rings. The quantitative estimate of drug-likeness (QED) is 0.495. The summed E-state index contributed by atoms with van der Waals surface area (Å²) in [6, 6.07) is 8.50. The number of benzene rings is 1. The molecule has 0 aromatic heterocycles. The van der Waals surface area contributed by atoms with Gasteiger partial charge in [0.1, 0.15) is 0 Å². The van der Waals surface area contributed by atoms with E-state index in [9.17, 15) is 0 Å². The largest absolute Gasteiger partial charge is 2.00 e. The first kappa shape index (κ1) is 10.5. The average molecular weight is 211 g/mol. The van der Waals surface area contributed by atoms with Crippen molar-refractivity contribution >= 4 is 39.0 Å². The summed E-state index contributed by atoms with van der Waals surface area (Å²) in [7, 11) is 0. The summed E-state index contributed by atoms with van der Waals surface area (Å²) in [5.74, 6) is 0. The Morgan fingerprint density at radius 3 is 2.20 bits per heavy atom. The smallest absolute Gasteiger partial charge is 1.00 e. The van der Waals surface area contributed by atoms with E-state index in [2.05, 4.69) is 47.1 Å². The number of halogens is 1. The second-order valence-electron chi connectivity index (χ2n) is 2.12. The van der Waals surface area contributed by atoms with Crippen LogP contribution >= 0.6 is 15.9 Å². The van der Waals surface area contributed by atoms with E-state index in [4.69, 9.17) is 0 Å². The van der Waals surface area contributed by atoms with Crippen molar-refractivity contribution < 1.29 is 2.85 Å². The van der Waals surface area contributed by atoms with Gasteiger partial charge in [0, 0.05) is 5.33 Å². The molecule has 0 amide bonds. The SMILES string of the molecule is Cc1ccc(CBr)cc1.[H-].[H-].[Mg+2]. The van der Waals surface area contributed by atoms with Crippen molar-refractivity contribution in [1.29, 1.82) is 0 Å². The summed E-state index contributed by atoms with van der Waals surface area (Å²) in [6.07, 6.45) is 0. The molecular formula is C8H11BrMg. The molecule has 0 N–H and O–H groups in total. The molecule has 0 nitrogen and oxygen atoms in total. The molecule has 10 heavy (non-hydrogen) atoms. The first-order valence-corrected chi connectivity index (χ1v) is 4.06. The summed E-state index contributed by atoms with van der Waals surface area (Å²) in [5.41, 5.74) is 2.65. The Balaban J connectivity index is -0.000000270. The molecule has 1 aromatic carbocycles. The second-order valence-corrected chi connectivity index (χ2v) is 2.68. The summed E-state index contributed by atoms with van der Waals surface area (Å²) in [4.78, 5) is 0. The van der Waals surface area contributed by atoms with Crippen LogP contribution in [0.3, 0.4) is 0 Å². The molecule has 2 heteroatoms. The maximum absolute atomic E-state index is 3.38. The molecule has 0 aliphatic carbocycles. The van der Waals surface area contributed by atoms with E-state index in [1.54, 1.807) is 0 Å². The minimum Gasteiger partial charge on any atom is -1.00 e. The van der Waals surface area contributed by atoms with Crippen molar-refractivity contribution in [3.05, 3.63) is 35.4 Å². The molecule has 1 rings (SSSR count). The van der Waals surface area contributed by atoms with Crippen LogP contribution in [0.2, 0.25) is 0 Å². The van der Waals surface area contributed by atoms with Gasteiger partial charge >= 0.3 is 23.1 Å². The van der Waals surface area contributed by atoms with Gasteiger partial charge in [-0.1, -0.05) is 45.8 Å². The molecule has 0 radical (unpaired) electrons. The van der Waals surface area contributed by atoms with Crippen LogP contribution in [0.15, 0.2) is 24.3 Å². The van der Waals surface area contributed by atoms with E-state index in [1.807, 2.05) is 0 Å². The normalized spacial score (nSPS) is 8.60. The van der Waals surface area contributed by atoms with Crippen LogP contribution in [0.5, 0.6) is 0 Å².